The molecule has 1 aromatic carbocycles. The number of urea groups is 1. The maximum atomic E-state index is 12.9. The van der Waals surface area contributed by atoms with Gasteiger partial charge in [0.15, 0.2) is 5.13 Å². The minimum atomic E-state index is -4.44. The summed E-state index contributed by atoms with van der Waals surface area (Å²) in [5.41, 5.74) is -0.694. The van der Waals surface area contributed by atoms with Gasteiger partial charge in [0, 0.05) is 25.2 Å². The fraction of sp³-hybridized carbons (Fsp3) is 0.231. The van der Waals surface area contributed by atoms with Crippen LogP contribution in [-0.4, -0.2) is 23.0 Å². The second kappa shape index (κ2) is 6.13. The number of halogens is 3. The number of anilines is 1. The number of amides is 2. The van der Waals surface area contributed by atoms with E-state index in [2.05, 4.69) is 10.3 Å². The largest absolute Gasteiger partial charge is 0.416 e. The Hall–Kier alpha value is -2.09. The molecule has 0 bridgehead atoms. The molecule has 0 aliphatic heterocycles. The molecular formula is C13H12F3N3OS. The number of benzene rings is 1. The molecule has 1 heterocycles. The molecule has 0 unspecified atom stereocenters. The van der Waals surface area contributed by atoms with Crippen LogP contribution in [0, 0.1) is 0 Å². The summed E-state index contributed by atoms with van der Waals surface area (Å²) in [6.45, 7) is -0.146. The summed E-state index contributed by atoms with van der Waals surface area (Å²) in [5.74, 6) is 0. The van der Waals surface area contributed by atoms with Crippen LogP contribution in [0.5, 0.6) is 0 Å². The summed E-state index contributed by atoms with van der Waals surface area (Å²) in [6, 6.07) is 4.68. The van der Waals surface area contributed by atoms with Gasteiger partial charge in [0.2, 0.25) is 0 Å². The number of alkyl halides is 3. The van der Waals surface area contributed by atoms with E-state index in [1.807, 2.05) is 0 Å². The summed E-state index contributed by atoms with van der Waals surface area (Å²) in [5, 5.41) is 4.60. The number of carbonyl (C=O) groups excluding carboxylic acids is 1. The normalized spacial score (nSPS) is 11.2. The summed E-state index contributed by atoms with van der Waals surface area (Å²) in [7, 11) is 1.43. The van der Waals surface area contributed by atoms with Gasteiger partial charge in [-0.25, -0.2) is 9.78 Å². The van der Waals surface area contributed by atoms with Crippen LogP contribution in [0.15, 0.2) is 35.8 Å². The Labute approximate surface area is 123 Å². The Morgan fingerprint density at radius 2 is 2.10 bits per heavy atom. The van der Waals surface area contributed by atoms with Crippen LogP contribution in [-0.2, 0) is 12.7 Å². The predicted molar refractivity (Wildman–Crippen MR) is 74.0 cm³/mol. The molecule has 112 valence electrons. The summed E-state index contributed by atoms with van der Waals surface area (Å²) < 4.78 is 38.6. The number of nitrogens with one attached hydrogen (secondary N) is 1. The van der Waals surface area contributed by atoms with Crippen LogP contribution in [0.25, 0.3) is 0 Å². The number of aromatic nitrogens is 1. The van der Waals surface area contributed by atoms with Crippen molar-refractivity contribution in [3.05, 3.63) is 47.0 Å². The van der Waals surface area contributed by atoms with Crippen molar-refractivity contribution in [3.63, 3.8) is 0 Å². The molecule has 4 nitrogen and oxygen atoms in total. The van der Waals surface area contributed by atoms with E-state index in [-0.39, 0.29) is 12.1 Å². The molecule has 21 heavy (non-hydrogen) atoms. The molecule has 0 atom stereocenters. The number of nitrogens with zero attached hydrogens (tertiary/aromatic N) is 2. The van der Waals surface area contributed by atoms with Crippen molar-refractivity contribution in [3.8, 4) is 0 Å². The van der Waals surface area contributed by atoms with Gasteiger partial charge in [-0.3, -0.25) is 5.32 Å². The van der Waals surface area contributed by atoms with Gasteiger partial charge in [-0.1, -0.05) is 18.2 Å². The van der Waals surface area contributed by atoms with Gasteiger partial charge in [0.05, 0.1) is 5.56 Å². The highest BCUT2D eigenvalue weighted by atomic mass is 32.1. The van der Waals surface area contributed by atoms with Crippen molar-refractivity contribution in [2.24, 2.45) is 0 Å². The zero-order valence-corrected chi connectivity index (χ0v) is 11.8. The first-order chi connectivity index (χ1) is 9.88. The van der Waals surface area contributed by atoms with Crippen LogP contribution in [0.4, 0.5) is 23.1 Å². The fourth-order valence-electron chi connectivity index (χ4n) is 1.73. The number of thiazole rings is 1. The van der Waals surface area contributed by atoms with E-state index in [1.165, 1.54) is 47.7 Å². The van der Waals surface area contributed by atoms with E-state index in [1.54, 1.807) is 5.38 Å². The third-order valence-corrected chi connectivity index (χ3v) is 3.41. The van der Waals surface area contributed by atoms with Gasteiger partial charge in [0.25, 0.3) is 0 Å². The van der Waals surface area contributed by atoms with Gasteiger partial charge in [0.1, 0.15) is 0 Å². The zero-order valence-electron chi connectivity index (χ0n) is 11.0. The predicted octanol–water partition coefficient (Wildman–Crippen LogP) is 3.83. The van der Waals surface area contributed by atoms with Gasteiger partial charge in [-0.2, -0.15) is 13.2 Å². The third kappa shape index (κ3) is 3.94. The maximum Gasteiger partial charge on any atom is 0.416 e. The minimum absolute atomic E-state index is 0.0433. The van der Waals surface area contributed by atoms with Crippen molar-refractivity contribution < 1.29 is 18.0 Å². The van der Waals surface area contributed by atoms with E-state index in [0.29, 0.717) is 5.13 Å². The van der Waals surface area contributed by atoms with E-state index < -0.39 is 17.8 Å². The monoisotopic (exact) mass is 315 g/mol. The molecular weight excluding hydrogens is 303 g/mol. The number of hydrogen-bond donors (Lipinski definition) is 1. The Bertz CT molecular complexity index is 613. The van der Waals surface area contributed by atoms with Crippen LogP contribution in [0.1, 0.15) is 11.1 Å². The zero-order chi connectivity index (χ0) is 15.5. The molecule has 0 saturated heterocycles. The van der Waals surface area contributed by atoms with Crippen molar-refractivity contribution in [2.45, 2.75) is 12.7 Å². The average molecular weight is 315 g/mol. The Kier molecular flexibility index (Phi) is 4.46. The van der Waals surface area contributed by atoms with Crippen molar-refractivity contribution in [1.82, 2.24) is 9.88 Å². The number of rotatable bonds is 3. The van der Waals surface area contributed by atoms with E-state index in [4.69, 9.17) is 0 Å². The van der Waals surface area contributed by atoms with Gasteiger partial charge < -0.3 is 4.90 Å². The van der Waals surface area contributed by atoms with E-state index >= 15 is 0 Å². The number of hydrogen-bond acceptors (Lipinski definition) is 3. The summed E-state index contributed by atoms with van der Waals surface area (Å²) >= 11 is 1.23. The quantitative estimate of drug-likeness (QED) is 0.935. The molecule has 0 saturated carbocycles. The second-order valence-corrected chi connectivity index (χ2v) is 5.17. The Morgan fingerprint density at radius 3 is 2.71 bits per heavy atom. The van der Waals surface area contributed by atoms with Gasteiger partial charge >= 0.3 is 12.2 Å². The molecule has 0 fully saturated rings. The molecule has 2 aromatic rings. The van der Waals surface area contributed by atoms with Crippen LogP contribution in [0.2, 0.25) is 0 Å². The lowest BCUT2D eigenvalue weighted by Crippen LogP contribution is -2.31. The highest BCUT2D eigenvalue weighted by Gasteiger charge is 2.33. The van der Waals surface area contributed by atoms with E-state index in [9.17, 15) is 18.0 Å². The molecule has 0 aliphatic carbocycles. The first kappa shape index (κ1) is 15.3. The molecule has 0 radical (unpaired) electrons. The second-order valence-electron chi connectivity index (χ2n) is 4.28. The van der Waals surface area contributed by atoms with E-state index in [0.717, 1.165) is 6.07 Å². The molecule has 1 aromatic heterocycles. The first-order valence-electron chi connectivity index (χ1n) is 5.94. The van der Waals surface area contributed by atoms with Crippen molar-refractivity contribution in [2.75, 3.05) is 12.4 Å². The highest BCUT2D eigenvalue weighted by molar-refractivity contribution is 7.13. The van der Waals surface area contributed by atoms with Gasteiger partial charge in [-0.15, -0.1) is 11.3 Å². The summed E-state index contributed by atoms with van der Waals surface area (Å²) in [4.78, 5) is 16.9. The molecule has 8 heteroatoms. The third-order valence-electron chi connectivity index (χ3n) is 2.72. The SMILES string of the molecule is CN(Cc1ccccc1C(F)(F)F)C(=O)Nc1nccs1. The average Bonchev–Trinajstić information content (AvgIpc) is 2.91. The summed E-state index contributed by atoms with van der Waals surface area (Å²) in [6.07, 6.45) is -2.91. The molecule has 2 rings (SSSR count). The van der Waals surface area contributed by atoms with Gasteiger partial charge in [-0.05, 0) is 11.6 Å². The lowest BCUT2D eigenvalue weighted by atomic mass is 10.1. The molecule has 1 N–H and O–H groups in total. The first-order valence-corrected chi connectivity index (χ1v) is 6.82. The topological polar surface area (TPSA) is 45.2 Å². The van der Waals surface area contributed by atoms with Crippen LogP contribution >= 0.6 is 11.3 Å². The number of carbonyl (C=O) groups is 1. The van der Waals surface area contributed by atoms with Crippen molar-refractivity contribution >= 4 is 22.5 Å². The maximum absolute atomic E-state index is 12.9. The highest BCUT2D eigenvalue weighted by Crippen LogP contribution is 2.32. The Balaban J connectivity index is 2.09. The fourth-order valence-corrected chi connectivity index (χ4v) is 2.25. The lowest BCUT2D eigenvalue weighted by Gasteiger charge is -2.20. The molecule has 0 aliphatic rings. The minimum Gasteiger partial charge on any atom is -0.323 e. The van der Waals surface area contributed by atoms with Crippen LogP contribution in [0.3, 0.4) is 0 Å². The Morgan fingerprint density at radius 1 is 1.38 bits per heavy atom. The molecule has 2 amide bonds. The van der Waals surface area contributed by atoms with Crippen LogP contribution < -0.4 is 5.32 Å². The standard InChI is InChI=1S/C13H12F3N3OS/c1-19(12(20)18-11-17-6-7-21-11)8-9-4-2-3-5-10(9)13(14,15)16/h2-7H,8H2,1H3,(H,17,18,20). The van der Waals surface area contributed by atoms with Crippen molar-refractivity contribution in [1.29, 1.82) is 0 Å². The smallest absolute Gasteiger partial charge is 0.323 e. The lowest BCUT2D eigenvalue weighted by molar-refractivity contribution is -0.138. The molecule has 0 spiro atoms.